The van der Waals surface area contributed by atoms with Crippen molar-refractivity contribution in [1.29, 1.82) is 0 Å². The highest BCUT2D eigenvalue weighted by Gasteiger charge is 2.31. The molecule has 0 saturated heterocycles. The van der Waals surface area contributed by atoms with E-state index >= 15 is 0 Å². The molecule has 1 atom stereocenters. The first-order chi connectivity index (χ1) is 12.1. The van der Waals surface area contributed by atoms with E-state index in [0.29, 0.717) is 30.3 Å². The van der Waals surface area contributed by atoms with Crippen molar-refractivity contribution in [1.82, 2.24) is 14.7 Å². The number of aryl methyl sites for hydroxylation is 1. The second-order valence-corrected chi connectivity index (χ2v) is 6.91. The zero-order valence-electron chi connectivity index (χ0n) is 14.6. The van der Waals surface area contributed by atoms with Gasteiger partial charge in [-0.25, -0.2) is 9.18 Å². The van der Waals surface area contributed by atoms with Crippen molar-refractivity contribution in [2.45, 2.75) is 51.6 Å². The van der Waals surface area contributed by atoms with Crippen LogP contribution in [0.5, 0.6) is 0 Å². The lowest BCUT2D eigenvalue weighted by Crippen LogP contribution is -2.41. The summed E-state index contributed by atoms with van der Waals surface area (Å²) < 4.78 is 16.2. The molecule has 2 amide bonds. The average molecular weight is 342 g/mol. The molecule has 0 bridgehead atoms. The molecule has 25 heavy (non-hydrogen) atoms. The number of nitrogens with zero attached hydrogens (tertiary/aromatic N) is 3. The first-order valence-corrected chi connectivity index (χ1v) is 9.01. The summed E-state index contributed by atoms with van der Waals surface area (Å²) in [7, 11) is 0. The lowest BCUT2D eigenvalue weighted by molar-refractivity contribution is 0.186. The predicted octanol–water partition coefficient (Wildman–Crippen LogP) is 4.07. The molecule has 6 heteroatoms. The van der Waals surface area contributed by atoms with Crippen molar-refractivity contribution in [3.63, 3.8) is 0 Å². The van der Waals surface area contributed by atoms with Crippen LogP contribution in [0.25, 0.3) is 0 Å². The number of carbonyl (C=O) groups is 1. The molecule has 132 valence electrons. The van der Waals surface area contributed by atoms with E-state index in [-0.39, 0.29) is 17.9 Å². The summed E-state index contributed by atoms with van der Waals surface area (Å²) in [5.41, 5.74) is 2.81. The highest BCUT2D eigenvalue weighted by molar-refractivity contribution is 5.89. The molecule has 4 rings (SSSR count). The fourth-order valence-corrected chi connectivity index (χ4v) is 3.77. The highest BCUT2D eigenvalue weighted by Crippen LogP contribution is 2.41. The van der Waals surface area contributed by atoms with Crippen LogP contribution in [0.4, 0.5) is 15.0 Å². The number of aromatic nitrogens is 2. The molecule has 1 aromatic carbocycles. The fourth-order valence-electron chi connectivity index (χ4n) is 3.77. The Morgan fingerprint density at radius 1 is 1.40 bits per heavy atom. The van der Waals surface area contributed by atoms with E-state index in [1.807, 2.05) is 23.7 Å². The maximum absolute atomic E-state index is 14.2. The van der Waals surface area contributed by atoms with E-state index in [9.17, 15) is 9.18 Å². The maximum Gasteiger partial charge on any atom is 0.323 e. The molecule has 1 aliphatic heterocycles. The fraction of sp³-hybridized carbons (Fsp3) is 0.474. The Bertz CT molecular complexity index is 812. The zero-order chi connectivity index (χ0) is 17.6. The molecule has 1 saturated carbocycles. The van der Waals surface area contributed by atoms with Crippen LogP contribution in [-0.2, 0) is 13.0 Å². The molecule has 1 aliphatic carbocycles. The van der Waals surface area contributed by atoms with E-state index in [1.165, 1.54) is 24.6 Å². The monoisotopic (exact) mass is 342 g/mol. The molecule has 0 spiro atoms. The quantitative estimate of drug-likeness (QED) is 0.914. The summed E-state index contributed by atoms with van der Waals surface area (Å²) in [4.78, 5) is 14.4. The number of rotatable bonds is 3. The Kier molecular flexibility index (Phi) is 3.98. The number of amides is 2. The summed E-state index contributed by atoms with van der Waals surface area (Å²) in [5, 5.41) is 7.40. The first kappa shape index (κ1) is 16.1. The third-order valence-corrected chi connectivity index (χ3v) is 5.25. The van der Waals surface area contributed by atoms with E-state index in [2.05, 4.69) is 17.3 Å². The standard InChI is InChI=1S/C19H23FN4O/c1-3-24-16(13-7-8-13)11-17(22-24)21-19(25)23-10-9-14-5-4-6-15(20)18(14)12(23)2/h4-6,11-13H,3,7-10H2,1-2H3,(H,21,22,25). The summed E-state index contributed by atoms with van der Waals surface area (Å²) in [5.74, 6) is 0.919. The molecule has 1 aromatic heterocycles. The number of carbonyl (C=O) groups excluding carboxylic acids is 1. The van der Waals surface area contributed by atoms with Crippen LogP contribution in [0.1, 0.15) is 55.5 Å². The number of nitrogens with one attached hydrogen (secondary N) is 1. The molecular weight excluding hydrogens is 319 g/mol. The number of hydrogen-bond donors (Lipinski definition) is 1. The Morgan fingerprint density at radius 2 is 2.20 bits per heavy atom. The number of anilines is 1. The van der Waals surface area contributed by atoms with Gasteiger partial charge in [-0.15, -0.1) is 0 Å². The normalized spacial score (nSPS) is 19.6. The number of fused-ring (bicyclic) bond motifs is 1. The van der Waals surface area contributed by atoms with Gasteiger partial charge in [0.15, 0.2) is 5.82 Å². The van der Waals surface area contributed by atoms with Crippen molar-refractivity contribution < 1.29 is 9.18 Å². The second kappa shape index (κ2) is 6.17. The van der Waals surface area contributed by atoms with Crippen LogP contribution in [-0.4, -0.2) is 27.3 Å². The Balaban J connectivity index is 1.53. The lowest BCUT2D eigenvalue weighted by Gasteiger charge is -2.35. The van der Waals surface area contributed by atoms with Gasteiger partial charge in [-0.3, -0.25) is 10.00 Å². The largest absolute Gasteiger partial charge is 0.323 e. The van der Waals surface area contributed by atoms with Gasteiger partial charge in [0.25, 0.3) is 0 Å². The minimum absolute atomic E-state index is 0.218. The number of hydrogen-bond acceptors (Lipinski definition) is 2. The van der Waals surface area contributed by atoms with Crippen LogP contribution in [0.15, 0.2) is 24.3 Å². The number of halogens is 1. The molecular formula is C19H23FN4O. The third kappa shape index (κ3) is 2.90. The maximum atomic E-state index is 14.2. The molecule has 1 fully saturated rings. The molecule has 1 N–H and O–H groups in total. The second-order valence-electron chi connectivity index (χ2n) is 6.91. The van der Waals surface area contributed by atoms with Gasteiger partial charge in [0.05, 0.1) is 6.04 Å². The van der Waals surface area contributed by atoms with E-state index in [1.54, 1.807) is 11.0 Å². The molecule has 2 aromatic rings. The Labute approximate surface area is 146 Å². The topological polar surface area (TPSA) is 50.2 Å². The van der Waals surface area contributed by atoms with Gasteiger partial charge >= 0.3 is 6.03 Å². The van der Waals surface area contributed by atoms with Gasteiger partial charge in [0.1, 0.15) is 5.82 Å². The average Bonchev–Trinajstić information content (AvgIpc) is 3.36. The third-order valence-electron chi connectivity index (χ3n) is 5.25. The van der Waals surface area contributed by atoms with Gasteiger partial charge < -0.3 is 4.90 Å². The minimum atomic E-state index is -0.291. The molecule has 0 radical (unpaired) electrons. The van der Waals surface area contributed by atoms with Crippen LogP contribution in [0.2, 0.25) is 0 Å². The molecule has 2 heterocycles. The van der Waals surface area contributed by atoms with Gasteiger partial charge in [-0.2, -0.15) is 5.10 Å². The SMILES string of the molecule is CCn1nc(NC(=O)N2CCc3cccc(F)c3C2C)cc1C1CC1. The van der Waals surface area contributed by atoms with Crippen LogP contribution >= 0.6 is 0 Å². The van der Waals surface area contributed by atoms with E-state index in [0.717, 1.165) is 12.1 Å². The van der Waals surface area contributed by atoms with Crippen molar-refractivity contribution in [3.05, 3.63) is 46.9 Å². The Morgan fingerprint density at radius 3 is 2.92 bits per heavy atom. The first-order valence-electron chi connectivity index (χ1n) is 9.01. The van der Waals surface area contributed by atoms with Crippen LogP contribution < -0.4 is 5.32 Å². The van der Waals surface area contributed by atoms with Gasteiger partial charge in [-0.1, -0.05) is 12.1 Å². The number of urea groups is 1. The van der Waals surface area contributed by atoms with Gasteiger partial charge in [0, 0.05) is 36.3 Å². The predicted molar refractivity (Wildman–Crippen MR) is 94.1 cm³/mol. The molecule has 5 nitrogen and oxygen atoms in total. The zero-order valence-corrected chi connectivity index (χ0v) is 14.6. The summed E-state index contributed by atoms with van der Waals surface area (Å²) >= 11 is 0. The van der Waals surface area contributed by atoms with Crippen LogP contribution in [0.3, 0.4) is 0 Å². The highest BCUT2D eigenvalue weighted by atomic mass is 19.1. The summed E-state index contributed by atoms with van der Waals surface area (Å²) in [6.45, 7) is 5.30. The van der Waals surface area contributed by atoms with Gasteiger partial charge in [0.2, 0.25) is 0 Å². The summed E-state index contributed by atoms with van der Waals surface area (Å²) in [6.07, 6.45) is 3.05. The van der Waals surface area contributed by atoms with E-state index in [4.69, 9.17) is 0 Å². The van der Waals surface area contributed by atoms with Crippen molar-refractivity contribution in [2.24, 2.45) is 0 Å². The van der Waals surface area contributed by atoms with Crippen molar-refractivity contribution >= 4 is 11.8 Å². The summed E-state index contributed by atoms with van der Waals surface area (Å²) in [6, 6.07) is 6.59. The molecule has 1 unspecified atom stereocenters. The van der Waals surface area contributed by atoms with Crippen molar-refractivity contribution in [2.75, 3.05) is 11.9 Å². The van der Waals surface area contributed by atoms with Crippen molar-refractivity contribution in [3.8, 4) is 0 Å². The Hall–Kier alpha value is -2.37. The minimum Gasteiger partial charge on any atom is -0.317 e. The van der Waals surface area contributed by atoms with Crippen LogP contribution in [0, 0.1) is 5.82 Å². The van der Waals surface area contributed by atoms with Gasteiger partial charge in [-0.05, 0) is 44.7 Å². The van der Waals surface area contributed by atoms with E-state index < -0.39 is 0 Å². The molecule has 2 aliphatic rings. The lowest BCUT2D eigenvalue weighted by atomic mass is 9.93. The number of benzene rings is 1. The smallest absolute Gasteiger partial charge is 0.317 e.